The van der Waals surface area contributed by atoms with Gasteiger partial charge in [0.05, 0.1) is 5.52 Å². The molecule has 0 saturated carbocycles. The Morgan fingerprint density at radius 1 is 1.05 bits per heavy atom. The second-order valence-corrected chi connectivity index (χ2v) is 9.92. The van der Waals surface area contributed by atoms with Gasteiger partial charge in [0, 0.05) is 73.5 Å². The molecule has 37 heavy (non-hydrogen) atoms. The van der Waals surface area contributed by atoms with Crippen LogP contribution in [-0.4, -0.2) is 67.6 Å². The van der Waals surface area contributed by atoms with E-state index in [0.717, 1.165) is 65.5 Å². The average Bonchev–Trinajstić information content (AvgIpc) is 3.45. The van der Waals surface area contributed by atoms with E-state index in [4.69, 9.17) is 0 Å². The third-order valence-corrected chi connectivity index (χ3v) is 7.01. The molecule has 6 rings (SSSR count). The highest BCUT2D eigenvalue weighted by Crippen LogP contribution is 2.33. The lowest BCUT2D eigenvalue weighted by Crippen LogP contribution is -2.44. The number of aryl methyl sites for hydroxylation is 1. The van der Waals surface area contributed by atoms with E-state index in [-0.39, 0.29) is 11.9 Å². The fourth-order valence-corrected chi connectivity index (χ4v) is 5.12. The van der Waals surface area contributed by atoms with E-state index >= 15 is 4.39 Å². The molecule has 0 radical (unpaired) electrons. The molecule has 0 bridgehead atoms. The molecule has 1 aromatic carbocycles. The molecule has 0 unspecified atom stereocenters. The van der Waals surface area contributed by atoms with E-state index in [1.54, 1.807) is 12.4 Å². The second kappa shape index (κ2) is 9.11. The number of imidazole rings is 1. The number of hydrogen-bond donors (Lipinski definition) is 2. The van der Waals surface area contributed by atoms with Gasteiger partial charge in [0.25, 0.3) is 0 Å². The van der Waals surface area contributed by atoms with Gasteiger partial charge in [0.15, 0.2) is 5.82 Å². The lowest BCUT2D eigenvalue weighted by Gasteiger charge is -2.33. The molecule has 4 aromatic heterocycles. The van der Waals surface area contributed by atoms with Gasteiger partial charge in [0.1, 0.15) is 22.8 Å². The largest absolute Gasteiger partial charge is 0.354 e. The summed E-state index contributed by atoms with van der Waals surface area (Å²) < 4.78 is 17.1. The van der Waals surface area contributed by atoms with Crippen LogP contribution in [0.15, 0.2) is 42.9 Å². The van der Waals surface area contributed by atoms with Crippen LogP contribution in [0.5, 0.6) is 0 Å². The van der Waals surface area contributed by atoms with Gasteiger partial charge in [-0.3, -0.25) is 0 Å². The maximum Gasteiger partial charge on any atom is 0.229 e. The number of aromatic amines is 1. The van der Waals surface area contributed by atoms with E-state index in [2.05, 4.69) is 65.5 Å². The summed E-state index contributed by atoms with van der Waals surface area (Å²) in [6.07, 6.45) is 5.42. The molecule has 1 fully saturated rings. The number of nitrogens with one attached hydrogen (secondary N) is 2. The van der Waals surface area contributed by atoms with Gasteiger partial charge in [-0.15, -0.1) is 0 Å². The quantitative estimate of drug-likeness (QED) is 0.356. The van der Waals surface area contributed by atoms with Crippen molar-refractivity contribution in [2.75, 3.05) is 43.4 Å². The molecule has 5 aromatic rings. The molecule has 1 aliphatic heterocycles. The van der Waals surface area contributed by atoms with Crippen molar-refractivity contribution >= 4 is 39.5 Å². The van der Waals surface area contributed by atoms with Crippen molar-refractivity contribution in [1.29, 1.82) is 0 Å². The van der Waals surface area contributed by atoms with Crippen LogP contribution in [0, 0.1) is 12.7 Å². The molecular weight excluding hydrogens is 469 g/mol. The predicted octanol–water partition coefficient (Wildman–Crippen LogP) is 4.89. The lowest BCUT2D eigenvalue weighted by atomic mass is 10.1. The highest BCUT2D eigenvalue weighted by Gasteiger charge is 2.18. The SMILES string of the molecule is Cc1nc2c(F)cc(-c3c[nH]c4nc(Nc5ccnc(N6CCN(C)CC6)c5)ncc34)cc2n1C(C)C. The minimum absolute atomic E-state index is 0.171. The number of anilines is 3. The Balaban J connectivity index is 1.30. The molecule has 190 valence electrons. The summed E-state index contributed by atoms with van der Waals surface area (Å²) in [5.74, 6) is 1.88. The zero-order valence-corrected chi connectivity index (χ0v) is 21.5. The normalized spacial score (nSPS) is 14.8. The summed E-state index contributed by atoms with van der Waals surface area (Å²) in [5, 5.41) is 4.12. The van der Waals surface area contributed by atoms with Crippen molar-refractivity contribution in [3.05, 3.63) is 54.5 Å². The summed E-state index contributed by atoms with van der Waals surface area (Å²) in [5.41, 5.74) is 4.33. The number of piperazine rings is 1. The number of nitrogens with zero attached hydrogens (tertiary/aromatic N) is 7. The van der Waals surface area contributed by atoms with Crippen molar-refractivity contribution in [3.63, 3.8) is 0 Å². The highest BCUT2D eigenvalue weighted by atomic mass is 19.1. The molecule has 1 aliphatic rings. The molecule has 1 saturated heterocycles. The summed E-state index contributed by atoms with van der Waals surface area (Å²) >= 11 is 0. The Hall–Kier alpha value is -4.05. The van der Waals surface area contributed by atoms with Gasteiger partial charge >= 0.3 is 0 Å². The van der Waals surface area contributed by atoms with E-state index in [1.165, 1.54) is 6.07 Å². The smallest absolute Gasteiger partial charge is 0.229 e. The standard InChI is InChI=1S/C27H30FN9/c1-16(2)37-17(3)32-25-22(28)11-18(12-23(25)37)20-14-30-26-21(20)15-31-27(34-26)33-19-5-6-29-24(13-19)36-9-7-35(4)8-10-36/h5-6,11-16H,7-10H2,1-4H3,(H2,29,30,31,33,34). The minimum atomic E-state index is -0.336. The van der Waals surface area contributed by atoms with E-state index in [9.17, 15) is 0 Å². The van der Waals surface area contributed by atoms with E-state index < -0.39 is 0 Å². The Bertz CT molecular complexity index is 1590. The molecule has 9 nitrogen and oxygen atoms in total. The fraction of sp³-hybridized carbons (Fsp3) is 0.333. The van der Waals surface area contributed by atoms with Crippen LogP contribution in [-0.2, 0) is 0 Å². The summed E-state index contributed by atoms with van der Waals surface area (Å²) in [6.45, 7) is 9.99. The lowest BCUT2D eigenvalue weighted by molar-refractivity contribution is 0.312. The molecule has 0 aliphatic carbocycles. The number of H-pyrrole nitrogens is 1. The fourth-order valence-electron chi connectivity index (χ4n) is 5.12. The monoisotopic (exact) mass is 499 g/mol. The summed E-state index contributed by atoms with van der Waals surface area (Å²) in [4.78, 5) is 26.1. The van der Waals surface area contributed by atoms with Crippen molar-refractivity contribution in [2.24, 2.45) is 0 Å². The first-order valence-electron chi connectivity index (χ1n) is 12.6. The second-order valence-electron chi connectivity index (χ2n) is 9.92. The van der Waals surface area contributed by atoms with E-state index in [0.29, 0.717) is 17.1 Å². The van der Waals surface area contributed by atoms with Crippen molar-refractivity contribution < 1.29 is 4.39 Å². The first-order chi connectivity index (χ1) is 17.9. The average molecular weight is 500 g/mol. The van der Waals surface area contributed by atoms with Crippen LogP contribution in [0.25, 0.3) is 33.2 Å². The van der Waals surface area contributed by atoms with Crippen LogP contribution in [0.4, 0.5) is 21.8 Å². The molecule has 5 heterocycles. The Labute approximate surface area is 214 Å². The topological polar surface area (TPSA) is 90.8 Å². The number of benzene rings is 1. The van der Waals surface area contributed by atoms with Gasteiger partial charge in [-0.2, -0.15) is 4.98 Å². The maximum absolute atomic E-state index is 15.0. The number of pyridine rings is 1. The third kappa shape index (κ3) is 4.27. The number of rotatable bonds is 5. The van der Waals surface area contributed by atoms with Crippen molar-refractivity contribution in [2.45, 2.75) is 26.8 Å². The number of likely N-dealkylation sites (N-methyl/N-ethyl adjacent to an activating group) is 1. The first-order valence-corrected chi connectivity index (χ1v) is 12.6. The molecular formula is C27H30FN9. The Morgan fingerprint density at radius 2 is 1.86 bits per heavy atom. The van der Waals surface area contributed by atoms with Crippen LogP contribution in [0.3, 0.4) is 0 Å². The van der Waals surface area contributed by atoms with E-state index in [1.807, 2.05) is 31.3 Å². The zero-order valence-electron chi connectivity index (χ0n) is 21.5. The van der Waals surface area contributed by atoms with Crippen LogP contribution < -0.4 is 10.2 Å². The molecule has 2 N–H and O–H groups in total. The summed E-state index contributed by atoms with van der Waals surface area (Å²) in [7, 11) is 2.14. The molecule has 0 spiro atoms. The zero-order chi connectivity index (χ0) is 25.7. The Kier molecular flexibility index (Phi) is 5.75. The van der Waals surface area contributed by atoms with Gasteiger partial charge in [-0.05, 0) is 51.6 Å². The van der Waals surface area contributed by atoms with Gasteiger partial charge in [-0.25, -0.2) is 19.3 Å². The number of halogens is 1. The van der Waals surface area contributed by atoms with Gasteiger partial charge in [-0.1, -0.05) is 0 Å². The predicted molar refractivity (Wildman–Crippen MR) is 145 cm³/mol. The van der Waals surface area contributed by atoms with Crippen molar-refractivity contribution in [3.8, 4) is 11.1 Å². The van der Waals surface area contributed by atoms with Crippen molar-refractivity contribution in [1.82, 2.24) is 34.4 Å². The number of hydrogen-bond acceptors (Lipinski definition) is 7. The van der Waals surface area contributed by atoms with Crippen LogP contribution in [0.2, 0.25) is 0 Å². The van der Waals surface area contributed by atoms with Gasteiger partial charge in [0.2, 0.25) is 5.95 Å². The number of aromatic nitrogens is 6. The molecule has 0 amide bonds. The summed E-state index contributed by atoms with van der Waals surface area (Å²) in [6, 6.07) is 7.63. The molecule has 10 heteroatoms. The van der Waals surface area contributed by atoms with Gasteiger partial charge < -0.3 is 24.7 Å². The number of fused-ring (bicyclic) bond motifs is 2. The minimum Gasteiger partial charge on any atom is -0.354 e. The maximum atomic E-state index is 15.0. The molecule has 0 atom stereocenters. The first kappa shape index (κ1) is 23.4. The highest BCUT2D eigenvalue weighted by molar-refractivity contribution is 5.96. The van der Waals surface area contributed by atoms with Crippen LogP contribution >= 0.6 is 0 Å². The third-order valence-electron chi connectivity index (χ3n) is 7.01. The van der Waals surface area contributed by atoms with Crippen LogP contribution in [0.1, 0.15) is 25.7 Å². The Morgan fingerprint density at radius 3 is 2.65 bits per heavy atom.